The van der Waals surface area contributed by atoms with E-state index in [4.69, 9.17) is 17.2 Å². The Bertz CT molecular complexity index is 603. The second-order valence-corrected chi connectivity index (χ2v) is 3.88. The zero-order valence-corrected chi connectivity index (χ0v) is 9.78. The fraction of sp³-hybridized carbons (Fsp3) is 0.182. The second-order valence-electron chi connectivity index (χ2n) is 3.88. The summed E-state index contributed by atoms with van der Waals surface area (Å²) in [5, 5.41) is 3.81. The van der Waals surface area contributed by atoms with Crippen molar-refractivity contribution in [1.82, 2.24) is 9.78 Å². The van der Waals surface area contributed by atoms with Gasteiger partial charge in [0.1, 0.15) is 5.82 Å². The first-order valence-corrected chi connectivity index (χ1v) is 5.35. The number of hydrogen-bond acceptors (Lipinski definition) is 4. The summed E-state index contributed by atoms with van der Waals surface area (Å²) in [4.78, 5) is 0. The molecule has 6 N–H and O–H groups in total. The van der Waals surface area contributed by atoms with Crippen molar-refractivity contribution in [2.45, 2.75) is 12.7 Å². The molecule has 0 bridgehead atoms. The normalized spacial score (nSPS) is 11.8. The maximum atomic E-state index is 12.9. The molecule has 0 spiro atoms. The van der Waals surface area contributed by atoms with E-state index < -0.39 is 11.7 Å². The van der Waals surface area contributed by atoms with Gasteiger partial charge in [-0.3, -0.25) is 0 Å². The predicted molar refractivity (Wildman–Crippen MR) is 65.3 cm³/mol. The molecule has 0 atom stereocenters. The van der Waals surface area contributed by atoms with E-state index in [9.17, 15) is 13.2 Å². The number of nitrogens with two attached hydrogens (primary N) is 3. The van der Waals surface area contributed by atoms with Crippen molar-refractivity contribution in [3.05, 3.63) is 35.4 Å². The first-order chi connectivity index (χ1) is 8.86. The number of halogens is 3. The van der Waals surface area contributed by atoms with Crippen molar-refractivity contribution in [3.63, 3.8) is 0 Å². The molecule has 5 nitrogen and oxygen atoms in total. The summed E-state index contributed by atoms with van der Waals surface area (Å²) in [6, 6.07) is 4.98. The smallest absolute Gasteiger partial charge is 0.383 e. The van der Waals surface area contributed by atoms with Crippen molar-refractivity contribution in [2.24, 2.45) is 5.73 Å². The fourth-order valence-corrected chi connectivity index (χ4v) is 1.77. The zero-order valence-electron chi connectivity index (χ0n) is 9.78. The van der Waals surface area contributed by atoms with Crippen LogP contribution in [0.5, 0.6) is 0 Å². The molecule has 0 radical (unpaired) electrons. The van der Waals surface area contributed by atoms with Crippen LogP contribution in [-0.2, 0) is 12.7 Å². The largest absolute Gasteiger partial charge is 0.418 e. The van der Waals surface area contributed by atoms with Crippen molar-refractivity contribution < 1.29 is 13.2 Å². The molecule has 0 unspecified atom stereocenters. The molecular formula is C11H12F3N5. The van der Waals surface area contributed by atoms with Gasteiger partial charge < -0.3 is 17.2 Å². The average Bonchev–Trinajstić information content (AvgIpc) is 2.63. The molecule has 0 aliphatic heterocycles. The van der Waals surface area contributed by atoms with Crippen LogP contribution >= 0.6 is 0 Å². The number of para-hydroxylation sites is 1. The van der Waals surface area contributed by atoms with Crippen LogP contribution in [0.25, 0.3) is 5.69 Å². The quantitative estimate of drug-likeness (QED) is 0.771. The van der Waals surface area contributed by atoms with E-state index in [1.165, 1.54) is 18.2 Å². The minimum atomic E-state index is -4.51. The van der Waals surface area contributed by atoms with Crippen LogP contribution < -0.4 is 17.2 Å². The molecule has 0 saturated carbocycles. The number of anilines is 2. The number of aromatic nitrogens is 2. The summed E-state index contributed by atoms with van der Waals surface area (Å²) in [6.07, 6.45) is -4.51. The molecule has 0 aliphatic rings. The Hall–Kier alpha value is -2.22. The number of nitrogens with zero attached hydrogens (tertiary/aromatic N) is 2. The summed E-state index contributed by atoms with van der Waals surface area (Å²) in [7, 11) is 0. The standard InChI is InChI=1S/C11H12F3N5/c12-11(13,14)7-3-1-2-4-8(7)19-10(17)6(5-15)9(16)18-19/h1-4H,5,15,17H2,(H2,16,18). The first kappa shape index (κ1) is 13.2. The highest BCUT2D eigenvalue weighted by Gasteiger charge is 2.34. The minimum absolute atomic E-state index is 0.00580. The lowest BCUT2D eigenvalue weighted by Crippen LogP contribution is -2.13. The Labute approximate surface area is 106 Å². The molecule has 0 aliphatic carbocycles. The van der Waals surface area contributed by atoms with E-state index in [1.807, 2.05) is 0 Å². The van der Waals surface area contributed by atoms with Gasteiger partial charge in [0.25, 0.3) is 0 Å². The lowest BCUT2D eigenvalue weighted by atomic mass is 10.1. The van der Waals surface area contributed by atoms with Crippen LogP contribution in [0, 0.1) is 0 Å². The highest BCUT2D eigenvalue weighted by atomic mass is 19.4. The van der Waals surface area contributed by atoms with E-state index >= 15 is 0 Å². The highest BCUT2D eigenvalue weighted by Crippen LogP contribution is 2.35. The average molecular weight is 271 g/mol. The lowest BCUT2D eigenvalue weighted by molar-refractivity contribution is -0.137. The number of hydrogen-bond donors (Lipinski definition) is 3. The molecule has 1 aromatic carbocycles. The number of alkyl halides is 3. The molecule has 0 saturated heterocycles. The van der Waals surface area contributed by atoms with Gasteiger partial charge in [-0.05, 0) is 12.1 Å². The van der Waals surface area contributed by atoms with Gasteiger partial charge >= 0.3 is 6.18 Å². The maximum absolute atomic E-state index is 12.9. The third-order valence-electron chi connectivity index (χ3n) is 2.70. The second kappa shape index (κ2) is 4.47. The molecule has 19 heavy (non-hydrogen) atoms. The van der Waals surface area contributed by atoms with Crippen molar-refractivity contribution in [3.8, 4) is 5.69 Å². The first-order valence-electron chi connectivity index (χ1n) is 5.35. The Morgan fingerprint density at radius 3 is 2.32 bits per heavy atom. The van der Waals surface area contributed by atoms with Gasteiger partial charge in [-0.25, -0.2) is 4.68 Å². The van der Waals surface area contributed by atoms with Crippen LogP contribution in [0.15, 0.2) is 24.3 Å². The van der Waals surface area contributed by atoms with Gasteiger partial charge in [-0.15, -0.1) is 5.10 Å². The molecule has 1 aromatic heterocycles. The van der Waals surface area contributed by atoms with Gasteiger partial charge in [0, 0.05) is 6.54 Å². The monoisotopic (exact) mass is 271 g/mol. The Morgan fingerprint density at radius 2 is 1.79 bits per heavy atom. The lowest BCUT2D eigenvalue weighted by Gasteiger charge is -2.13. The van der Waals surface area contributed by atoms with Crippen molar-refractivity contribution >= 4 is 11.6 Å². The summed E-state index contributed by atoms with van der Waals surface area (Å²) >= 11 is 0. The highest BCUT2D eigenvalue weighted by molar-refractivity contribution is 5.59. The SMILES string of the molecule is NCc1c(N)nn(-c2ccccc2C(F)(F)F)c1N. The Morgan fingerprint density at radius 1 is 1.16 bits per heavy atom. The van der Waals surface area contributed by atoms with Crippen LogP contribution in [0.3, 0.4) is 0 Å². The summed E-state index contributed by atoms with van der Waals surface area (Å²) < 4.78 is 39.7. The van der Waals surface area contributed by atoms with E-state index in [1.54, 1.807) is 0 Å². The van der Waals surface area contributed by atoms with Gasteiger partial charge in [0.05, 0.1) is 16.8 Å². The van der Waals surface area contributed by atoms with Crippen molar-refractivity contribution in [1.29, 1.82) is 0 Å². The predicted octanol–water partition coefficient (Wildman–Crippen LogP) is 1.51. The topological polar surface area (TPSA) is 95.9 Å². The van der Waals surface area contributed by atoms with Crippen LogP contribution in [0.1, 0.15) is 11.1 Å². The molecule has 8 heteroatoms. The third kappa shape index (κ3) is 2.22. The Kier molecular flexibility index (Phi) is 3.11. The fourth-order valence-electron chi connectivity index (χ4n) is 1.77. The molecule has 0 amide bonds. The van der Waals surface area contributed by atoms with Crippen molar-refractivity contribution in [2.75, 3.05) is 11.5 Å². The van der Waals surface area contributed by atoms with Gasteiger partial charge in [0.2, 0.25) is 0 Å². The van der Waals surface area contributed by atoms with E-state index in [0.717, 1.165) is 10.7 Å². The molecular weight excluding hydrogens is 259 g/mol. The molecule has 1 heterocycles. The summed E-state index contributed by atoms with van der Waals surface area (Å²) in [5.74, 6) is 0.0358. The van der Waals surface area contributed by atoms with Crippen LogP contribution in [0.2, 0.25) is 0 Å². The molecule has 2 aromatic rings. The zero-order chi connectivity index (χ0) is 14.2. The van der Waals surface area contributed by atoms with Crippen LogP contribution in [0.4, 0.5) is 24.8 Å². The third-order valence-corrected chi connectivity index (χ3v) is 2.70. The van der Waals surface area contributed by atoms with E-state index in [0.29, 0.717) is 5.56 Å². The molecule has 0 fully saturated rings. The number of rotatable bonds is 2. The van der Waals surface area contributed by atoms with Gasteiger partial charge in [0.15, 0.2) is 5.82 Å². The van der Waals surface area contributed by atoms with Gasteiger partial charge in [-0.1, -0.05) is 12.1 Å². The number of nitrogen functional groups attached to an aromatic ring is 2. The maximum Gasteiger partial charge on any atom is 0.418 e. The van der Waals surface area contributed by atoms with E-state index in [2.05, 4.69) is 5.10 Å². The Balaban J connectivity index is 2.67. The summed E-state index contributed by atoms with van der Waals surface area (Å²) in [5.41, 5.74) is 16.0. The minimum Gasteiger partial charge on any atom is -0.383 e. The molecule has 102 valence electrons. The van der Waals surface area contributed by atoms with E-state index in [-0.39, 0.29) is 23.9 Å². The number of benzene rings is 1. The van der Waals surface area contributed by atoms with Crippen LogP contribution in [-0.4, -0.2) is 9.78 Å². The molecule has 2 rings (SSSR count). The van der Waals surface area contributed by atoms with Gasteiger partial charge in [-0.2, -0.15) is 13.2 Å². The summed E-state index contributed by atoms with van der Waals surface area (Å²) in [6.45, 7) is 0.00580.